The van der Waals surface area contributed by atoms with E-state index in [0.29, 0.717) is 17.9 Å². The summed E-state index contributed by atoms with van der Waals surface area (Å²) in [5, 5.41) is 11.9. The molecule has 1 heterocycles. The van der Waals surface area contributed by atoms with Crippen LogP contribution < -0.4 is 5.32 Å². The lowest BCUT2D eigenvalue weighted by molar-refractivity contribution is 0.214. The Balaban J connectivity index is 1.93. The van der Waals surface area contributed by atoms with E-state index in [-0.39, 0.29) is 0 Å². The highest BCUT2D eigenvalue weighted by atomic mass is 16.3. The molecule has 1 saturated carbocycles. The highest BCUT2D eigenvalue weighted by molar-refractivity contribution is 5.10. The quantitative estimate of drug-likeness (QED) is 0.484. The SMILES string of the molecule is OCC1CC12CNC2. The normalized spacial score (nSPS) is 39.4. The summed E-state index contributed by atoms with van der Waals surface area (Å²) >= 11 is 0. The average molecular weight is 113 g/mol. The van der Waals surface area contributed by atoms with Crippen molar-refractivity contribution in [1.82, 2.24) is 5.32 Å². The third kappa shape index (κ3) is 0.400. The lowest BCUT2D eigenvalue weighted by Gasteiger charge is -2.28. The van der Waals surface area contributed by atoms with Gasteiger partial charge in [0.2, 0.25) is 0 Å². The molecule has 1 unspecified atom stereocenters. The van der Waals surface area contributed by atoms with E-state index in [1.54, 1.807) is 0 Å². The fourth-order valence-corrected chi connectivity index (χ4v) is 1.57. The van der Waals surface area contributed by atoms with Gasteiger partial charge in [-0.05, 0) is 12.3 Å². The first kappa shape index (κ1) is 4.77. The second kappa shape index (κ2) is 1.25. The van der Waals surface area contributed by atoms with Gasteiger partial charge in [-0.3, -0.25) is 0 Å². The van der Waals surface area contributed by atoms with Crippen LogP contribution in [0.2, 0.25) is 0 Å². The molecular weight excluding hydrogens is 102 g/mol. The van der Waals surface area contributed by atoms with Crippen molar-refractivity contribution >= 4 is 0 Å². The number of aliphatic hydroxyl groups is 1. The van der Waals surface area contributed by atoms with Crippen molar-refractivity contribution in [3.8, 4) is 0 Å². The minimum absolute atomic E-state index is 0.404. The molecule has 0 aromatic rings. The van der Waals surface area contributed by atoms with Crippen LogP contribution in [0, 0.1) is 11.3 Å². The van der Waals surface area contributed by atoms with Crippen molar-refractivity contribution in [2.45, 2.75) is 6.42 Å². The summed E-state index contributed by atoms with van der Waals surface area (Å²) in [6.45, 7) is 2.71. The molecule has 0 radical (unpaired) electrons. The van der Waals surface area contributed by atoms with Gasteiger partial charge in [-0.15, -0.1) is 0 Å². The Kier molecular flexibility index (Phi) is 0.746. The lowest BCUT2D eigenvalue weighted by Crippen LogP contribution is -2.45. The van der Waals surface area contributed by atoms with Crippen molar-refractivity contribution in [2.24, 2.45) is 11.3 Å². The van der Waals surface area contributed by atoms with Crippen LogP contribution in [0.15, 0.2) is 0 Å². The second-order valence-electron chi connectivity index (χ2n) is 3.05. The smallest absolute Gasteiger partial charge is 0.0465 e. The maximum Gasteiger partial charge on any atom is 0.0465 e. The van der Waals surface area contributed by atoms with Gasteiger partial charge in [-0.25, -0.2) is 0 Å². The van der Waals surface area contributed by atoms with Crippen molar-refractivity contribution < 1.29 is 5.11 Å². The first-order valence-electron chi connectivity index (χ1n) is 3.19. The Bertz CT molecular complexity index is 109. The van der Waals surface area contributed by atoms with Gasteiger partial charge in [0.05, 0.1) is 0 Å². The molecule has 1 atom stereocenters. The highest BCUT2D eigenvalue weighted by Gasteiger charge is 2.57. The summed E-state index contributed by atoms with van der Waals surface area (Å²) in [5.41, 5.74) is 0.578. The molecule has 2 nitrogen and oxygen atoms in total. The molecule has 2 fully saturated rings. The maximum atomic E-state index is 8.68. The molecule has 1 aliphatic carbocycles. The maximum absolute atomic E-state index is 8.68. The summed E-state index contributed by atoms with van der Waals surface area (Å²) in [6, 6.07) is 0. The van der Waals surface area contributed by atoms with E-state index in [9.17, 15) is 0 Å². The lowest BCUT2D eigenvalue weighted by atomic mass is 9.97. The van der Waals surface area contributed by atoms with Gasteiger partial charge < -0.3 is 10.4 Å². The van der Waals surface area contributed by atoms with Crippen LogP contribution in [0.1, 0.15) is 6.42 Å². The van der Waals surface area contributed by atoms with Crippen LogP contribution in [-0.2, 0) is 0 Å². The Morgan fingerprint density at radius 1 is 1.62 bits per heavy atom. The molecule has 2 rings (SSSR count). The Labute approximate surface area is 48.9 Å². The minimum Gasteiger partial charge on any atom is -0.396 e. The molecule has 2 heteroatoms. The number of hydrogen-bond donors (Lipinski definition) is 2. The molecule has 0 amide bonds. The van der Waals surface area contributed by atoms with E-state index in [4.69, 9.17) is 5.11 Å². The van der Waals surface area contributed by atoms with E-state index >= 15 is 0 Å². The van der Waals surface area contributed by atoms with Gasteiger partial charge in [0, 0.05) is 25.1 Å². The minimum atomic E-state index is 0.404. The van der Waals surface area contributed by atoms with Gasteiger partial charge in [0.1, 0.15) is 0 Å². The molecule has 8 heavy (non-hydrogen) atoms. The van der Waals surface area contributed by atoms with Crippen LogP contribution >= 0.6 is 0 Å². The predicted molar refractivity (Wildman–Crippen MR) is 30.5 cm³/mol. The largest absolute Gasteiger partial charge is 0.396 e. The van der Waals surface area contributed by atoms with Crippen LogP contribution in [0.5, 0.6) is 0 Å². The number of hydrogen-bond acceptors (Lipinski definition) is 2. The molecule has 2 N–H and O–H groups in total. The molecular formula is C6H11NO. The van der Waals surface area contributed by atoms with Gasteiger partial charge in [-0.2, -0.15) is 0 Å². The molecule has 1 saturated heterocycles. The van der Waals surface area contributed by atoms with E-state index in [0.717, 1.165) is 13.1 Å². The van der Waals surface area contributed by atoms with Gasteiger partial charge >= 0.3 is 0 Å². The zero-order valence-corrected chi connectivity index (χ0v) is 4.85. The molecule has 1 aliphatic heterocycles. The van der Waals surface area contributed by atoms with Crippen LogP contribution in [0.3, 0.4) is 0 Å². The third-order valence-electron chi connectivity index (χ3n) is 2.53. The van der Waals surface area contributed by atoms with Crippen molar-refractivity contribution in [1.29, 1.82) is 0 Å². The Hall–Kier alpha value is -0.0800. The monoisotopic (exact) mass is 113 g/mol. The van der Waals surface area contributed by atoms with Crippen LogP contribution in [-0.4, -0.2) is 24.8 Å². The first-order chi connectivity index (χ1) is 3.87. The topological polar surface area (TPSA) is 32.3 Å². The van der Waals surface area contributed by atoms with Crippen LogP contribution in [0.25, 0.3) is 0 Å². The average Bonchev–Trinajstić information content (AvgIpc) is 2.36. The van der Waals surface area contributed by atoms with E-state index in [1.165, 1.54) is 6.42 Å². The standard InChI is InChI=1S/C6H11NO/c8-2-5-1-6(5)3-7-4-6/h5,7-8H,1-4H2. The number of rotatable bonds is 1. The molecule has 46 valence electrons. The number of nitrogens with one attached hydrogen (secondary N) is 1. The molecule has 2 aliphatic rings. The first-order valence-corrected chi connectivity index (χ1v) is 3.19. The zero-order valence-electron chi connectivity index (χ0n) is 4.85. The van der Waals surface area contributed by atoms with Crippen molar-refractivity contribution in [3.63, 3.8) is 0 Å². The van der Waals surface area contributed by atoms with Crippen molar-refractivity contribution in [3.05, 3.63) is 0 Å². The third-order valence-corrected chi connectivity index (χ3v) is 2.53. The van der Waals surface area contributed by atoms with Crippen LogP contribution in [0.4, 0.5) is 0 Å². The van der Waals surface area contributed by atoms with Crippen molar-refractivity contribution in [2.75, 3.05) is 19.7 Å². The zero-order chi connectivity index (χ0) is 5.61. The molecule has 1 spiro atoms. The molecule has 0 aromatic heterocycles. The molecule has 0 aromatic carbocycles. The fourth-order valence-electron chi connectivity index (χ4n) is 1.57. The predicted octanol–water partition coefficient (Wildman–Crippen LogP) is -0.412. The summed E-state index contributed by atoms with van der Waals surface area (Å²) in [7, 11) is 0. The van der Waals surface area contributed by atoms with Gasteiger partial charge in [0.15, 0.2) is 0 Å². The Morgan fingerprint density at radius 3 is 2.50 bits per heavy atom. The summed E-state index contributed by atoms with van der Waals surface area (Å²) in [5.74, 6) is 0.642. The molecule has 0 bridgehead atoms. The van der Waals surface area contributed by atoms with E-state index in [1.807, 2.05) is 0 Å². The summed E-state index contributed by atoms with van der Waals surface area (Å²) in [6.07, 6.45) is 1.26. The summed E-state index contributed by atoms with van der Waals surface area (Å²) < 4.78 is 0. The van der Waals surface area contributed by atoms with E-state index < -0.39 is 0 Å². The van der Waals surface area contributed by atoms with E-state index in [2.05, 4.69) is 5.32 Å². The van der Waals surface area contributed by atoms with Gasteiger partial charge in [0.25, 0.3) is 0 Å². The Morgan fingerprint density at radius 2 is 2.38 bits per heavy atom. The highest BCUT2D eigenvalue weighted by Crippen LogP contribution is 2.54. The number of aliphatic hydroxyl groups excluding tert-OH is 1. The fraction of sp³-hybridized carbons (Fsp3) is 1.00. The summed E-state index contributed by atoms with van der Waals surface area (Å²) in [4.78, 5) is 0. The second-order valence-corrected chi connectivity index (χ2v) is 3.05. The van der Waals surface area contributed by atoms with Gasteiger partial charge in [-0.1, -0.05) is 0 Å².